The highest BCUT2D eigenvalue weighted by molar-refractivity contribution is 6.31. The minimum absolute atomic E-state index is 0.210. The number of hydrogen-bond donors (Lipinski definition) is 1. The van der Waals surface area contributed by atoms with Gasteiger partial charge in [0.25, 0.3) is 0 Å². The third kappa shape index (κ3) is 2.25. The molecule has 0 spiro atoms. The summed E-state index contributed by atoms with van der Waals surface area (Å²) in [5.74, 6) is 0. The van der Waals surface area contributed by atoms with Crippen LogP contribution >= 0.6 is 11.6 Å². The van der Waals surface area contributed by atoms with E-state index in [4.69, 9.17) is 17.3 Å². The Hall–Kier alpha value is -0.600. The Morgan fingerprint density at radius 1 is 1.43 bits per heavy atom. The lowest BCUT2D eigenvalue weighted by Crippen LogP contribution is -2.17. The number of halogens is 2. The summed E-state index contributed by atoms with van der Waals surface area (Å²) in [6.07, 6.45) is 0. The maximum Gasteiger partial charge on any atom is 0.132 e. The van der Waals surface area contributed by atoms with Crippen LogP contribution in [0.4, 0.5) is 4.39 Å². The van der Waals surface area contributed by atoms with Crippen LogP contribution < -0.4 is 5.73 Å². The van der Waals surface area contributed by atoms with Crippen LogP contribution in [0.15, 0.2) is 18.2 Å². The Labute approximate surface area is 89.1 Å². The molecule has 0 heterocycles. The second-order valence-corrected chi connectivity index (χ2v) is 4.37. The summed E-state index contributed by atoms with van der Waals surface area (Å²) < 4.78 is 13.9. The van der Waals surface area contributed by atoms with Crippen molar-refractivity contribution in [2.45, 2.75) is 32.5 Å². The fraction of sp³-hybridized carbons (Fsp3) is 0.455. The van der Waals surface area contributed by atoms with E-state index in [-0.39, 0.29) is 6.04 Å². The number of rotatable bonds is 2. The Bertz CT molecular complexity index is 329. The van der Waals surface area contributed by atoms with Gasteiger partial charge in [-0.3, -0.25) is 0 Å². The zero-order valence-corrected chi connectivity index (χ0v) is 9.40. The van der Waals surface area contributed by atoms with Crippen LogP contribution in [0.2, 0.25) is 5.02 Å². The first-order valence-electron chi connectivity index (χ1n) is 4.57. The highest BCUT2D eigenvalue weighted by Gasteiger charge is 2.26. The van der Waals surface area contributed by atoms with Gasteiger partial charge in [0.15, 0.2) is 0 Å². The summed E-state index contributed by atoms with van der Waals surface area (Å²) in [5, 5.41) is 0.437. The van der Waals surface area contributed by atoms with Gasteiger partial charge < -0.3 is 5.73 Å². The molecule has 78 valence electrons. The molecule has 1 unspecified atom stereocenters. The third-order valence-corrected chi connectivity index (χ3v) is 2.45. The molecule has 0 aliphatic rings. The quantitative estimate of drug-likeness (QED) is 0.802. The first kappa shape index (κ1) is 11.5. The highest BCUT2D eigenvalue weighted by Crippen LogP contribution is 2.35. The third-order valence-electron chi connectivity index (χ3n) is 2.13. The van der Waals surface area contributed by atoms with E-state index in [9.17, 15) is 4.39 Å². The predicted molar refractivity (Wildman–Crippen MR) is 58.2 cm³/mol. The zero-order chi connectivity index (χ0) is 10.9. The Kier molecular flexibility index (Phi) is 3.17. The fourth-order valence-corrected chi connectivity index (χ4v) is 1.95. The number of alkyl halides is 1. The molecule has 3 heteroatoms. The number of hydrogen-bond acceptors (Lipinski definition) is 1. The Morgan fingerprint density at radius 3 is 2.36 bits per heavy atom. The lowest BCUT2D eigenvalue weighted by molar-refractivity contribution is 0.219. The first-order chi connectivity index (χ1) is 6.34. The first-order valence-corrected chi connectivity index (χ1v) is 4.95. The van der Waals surface area contributed by atoms with Gasteiger partial charge in [-0.2, -0.15) is 0 Å². The van der Waals surface area contributed by atoms with E-state index in [0.29, 0.717) is 10.6 Å². The van der Waals surface area contributed by atoms with E-state index in [0.717, 1.165) is 5.56 Å². The molecule has 1 aromatic carbocycles. The monoisotopic (exact) mass is 215 g/mol. The van der Waals surface area contributed by atoms with Crippen molar-refractivity contribution in [1.29, 1.82) is 0 Å². The van der Waals surface area contributed by atoms with Gasteiger partial charge in [0.1, 0.15) is 5.67 Å². The fourth-order valence-electron chi connectivity index (χ4n) is 1.55. The van der Waals surface area contributed by atoms with Gasteiger partial charge in [-0.25, -0.2) is 4.39 Å². The molecule has 0 aromatic heterocycles. The lowest BCUT2D eigenvalue weighted by Gasteiger charge is -2.22. The Balaban J connectivity index is 3.38. The zero-order valence-electron chi connectivity index (χ0n) is 8.64. The molecule has 0 saturated heterocycles. The maximum absolute atomic E-state index is 13.9. The summed E-state index contributed by atoms with van der Waals surface area (Å²) in [4.78, 5) is 0. The summed E-state index contributed by atoms with van der Waals surface area (Å²) in [6, 6.07) is 5.08. The molecule has 0 amide bonds. The second-order valence-electron chi connectivity index (χ2n) is 3.97. The summed E-state index contributed by atoms with van der Waals surface area (Å²) in [7, 11) is 0. The standard InChI is InChI=1S/C11H15ClFN/c1-7(14)8-5-4-6-9(12)10(8)11(2,3)13/h4-7H,14H2,1-3H3. The van der Waals surface area contributed by atoms with Gasteiger partial charge >= 0.3 is 0 Å². The van der Waals surface area contributed by atoms with Crippen LogP contribution in [0, 0.1) is 0 Å². The molecule has 0 aliphatic heterocycles. The number of nitrogens with two attached hydrogens (primary N) is 1. The molecule has 0 fully saturated rings. The maximum atomic E-state index is 13.9. The van der Waals surface area contributed by atoms with E-state index >= 15 is 0 Å². The minimum atomic E-state index is -1.46. The molecule has 0 bridgehead atoms. The second kappa shape index (κ2) is 3.87. The molecule has 0 radical (unpaired) electrons. The molecule has 0 saturated carbocycles. The van der Waals surface area contributed by atoms with Crippen LogP contribution in [0.25, 0.3) is 0 Å². The van der Waals surface area contributed by atoms with E-state index < -0.39 is 5.67 Å². The molecule has 1 atom stereocenters. The Morgan fingerprint density at radius 2 is 2.00 bits per heavy atom. The normalized spacial score (nSPS) is 14.1. The molecular formula is C11H15ClFN. The van der Waals surface area contributed by atoms with Crippen LogP contribution in [-0.4, -0.2) is 0 Å². The molecule has 1 rings (SSSR count). The van der Waals surface area contributed by atoms with Gasteiger partial charge in [-0.15, -0.1) is 0 Å². The van der Waals surface area contributed by atoms with Gasteiger partial charge in [-0.05, 0) is 32.4 Å². The predicted octanol–water partition coefficient (Wildman–Crippen LogP) is 3.56. The summed E-state index contributed by atoms with van der Waals surface area (Å²) >= 11 is 5.96. The molecule has 2 N–H and O–H groups in total. The van der Waals surface area contributed by atoms with Crippen molar-refractivity contribution >= 4 is 11.6 Å². The van der Waals surface area contributed by atoms with E-state index in [1.807, 2.05) is 13.0 Å². The van der Waals surface area contributed by atoms with Gasteiger partial charge in [-0.1, -0.05) is 23.7 Å². The van der Waals surface area contributed by atoms with Crippen molar-refractivity contribution in [1.82, 2.24) is 0 Å². The topological polar surface area (TPSA) is 26.0 Å². The molecular weight excluding hydrogens is 201 g/mol. The molecule has 14 heavy (non-hydrogen) atoms. The molecule has 1 aromatic rings. The molecule has 0 aliphatic carbocycles. The average molecular weight is 216 g/mol. The average Bonchev–Trinajstić information content (AvgIpc) is 2.01. The van der Waals surface area contributed by atoms with Crippen LogP contribution in [0.5, 0.6) is 0 Å². The SMILES string of the molecule is CC(N)c1cccc(Cl)c1C(C)(C)F. The van der Waals surface area contributed by atoms with Crippen molar-refractivity contribution in [3.8, 4) is 0 Å². The van der Waals surface area contributed by atoms with E-state index in [1.165, 1.54) is 13.8 Å². The van der Waals surface area contributed by atoms with Gasteiger partial charge in [0.05, 0.1) is 0 Å². The highest BCUT2D eigenvalue weighted by atomic mass is 35.5. The largest absolute Gasteiger partial charge is 0.324 e. The lowest BCUT2D eigenvalue weighted by atomic mass is 9.91. The number of benzene rings is 1. The van der Waals surface area contributed by atoms with Crippen molar-refractivity contribution in [2.24, 2.45) is 5.73 Å². The molecule has 1 nitrogen and oxygen atoms in total. The summed E-state index contributed by atoms with van der Waals surface area (Å²) in [5.41, 5.74) is 5.56. The van der Waals surface area contributed by atoms with Crippen LogP contribution in [0.3, 0.4) is 0 Å². The van der Waals surface area contributed by atoms with Crippen molar-refractivity contribution in [2.75, 3.05) is 0 Å². The minimum Gasteiger partial charge on any atom is -0.324 e. The van der Waals surface area contributed by atoms with Crippen LogP contribution in [-0.2, 0) is 5.67 Å². The van der Waals surface area contributed by atoms with Gasteiger partial charge in [0.2, 0.25) is 0 Å². The van der Waals surface area contributed by atoms with E-state index in [2.05, 4.69) is 0 Å². The van der Waals surface area contributed by atoms with Crippen LogP contribution in [0.1, 0.15) is 37.9 Å². The summed E-state index contributed by atoms with van der Waals surface area (Å²) in [6.45, 7) is 4.79. The smallest absolute Gasteiger partial charge is 0.132 e. The van der Waals surface area contributed by atoms with Crippen molar-refractivity contribution < 1.29 is 4.39 Å². The van der Waals surface area contributed by atoms with E-state index in [1.54, 1.807) is 12.1 Å². The van der Waals surface area contributed by atoms with Crippen molar-refractivity contribution in [3.05, 3.63) is 34.3 Å². The van der Waals surface area contributed by atoms with Crippen molar-refractivity contribution in [3.63, 3.8) is 0 Å². The van der Waals surface area contributed by atoms with Gasteiger partial charge in [0, 0.05) is 16.6 Å².